The zero-order chi connectivity index (χ0) is 26.5. The topological polar surface area (TPSA) is 93.0 Å². The van der Waals surface area contributed by atoms with Gasteiger partial charge in [0.25, 0.3) is 0 Å². The summed E-state index contributed by atoms with van der Waals surface area (Å²) in [6, 6.07) is 4.90. The molecule has 10 heteroatoms. The molecule has 1 aromatic heterocycles. The second kappa shape index (κ2) is 9.34. The fraction of sp³-hybridized carbons (Fsp3) is 0.444. The number of carboxylic acid groups (broad SMARTS) is 1. The van der Waals surface area contributed by atoms with E-state index in [0.717, 1.165) is 18.2 Å². The molecule has 0 bridgehead atoms. The Bertz CT molecular complexity index is 1370. The molecule has 3 heterocycles. The summed E-state index contributed by atoms with van der Waals surface area (Å²) in [5.41, 5.74) is 0.346. The number of carbonyl (C=O) groups is 1. The summed E-state index contributed by atoms with van der Waals surface area (Å²) in [5, 5.41) is 24.0. The van der Waals surface area contributed by atoms with Gasteiger partial charge in [-0.2, -0.15) is 0 Å². The van der Waals surface area contributed by atoms with Crippen LogP contribution in [0.1, 0.15) is 44.4 Å². The van der Waals surface area contributed by atoms with E-state index >= 15 is 0 Å². The third-order valence-electron chi connectivity index (χ3n) is 7.55. The van der Waals surface area contributed by atoms with E-state index in [-0.39, 0.29) is 43.3 Å². The molecule has 2 aliphatic rings. The lowest BCUT2D eigenvalue weighted by Gasteiger charge is -2.42. The molecule has 2 aliphatic heterocycles. The highest BCUT2D eigenvalue weighted by molar-refractivity contribution is 5.94. The van der Waals surface area contributed by atoms with Gasteiger partial charge in [0.1, 0.15) is 17.6 Å². The zero-order valence-corrected chi connectivity index (χ0v) is 20.6. The number of aromatic hydroxyl groups is 1. The number of phenols is 1. The van der Waals surface area contributed by atoms with Crippen molar-refractivity contribution in [2.75, 3.05) is 26.6 Å². The number of ether oxygens (including phenoxy) is 2. The Morgan fingerprint density at radius 1 is 1.08 bits per heavy atom. The van der Waals surface area contributed by atoms with E-state index in [2.05, 4.69) is 5.32 Å². The van der Waals surface area contributed by atoms with Crippen molar-refractivity contribution >= 4 is 16.9 Å². The number of aromatic nitrogens is 1. The lowest BCUT2D eigenvalue weighted by molar-refractivity contribution is -0.141. The number of nitrogens with one attached hydrogen (secondary N) is 1. The first-order chi connectivity index (χ1) is 17.5. The van der Waals surface area contributed by atoms with E-state index in [9.17, 15) is 28.2 Å². The van der Waals surface area contributed by atoms with Crippen molar-refractivity contribution in [2.45, 2.75) is 50.0 Å². The summed E-state index contributed by atoms with van der Waals surface area (Å²) >= 11 is 0. The van der Waals surface area contributed by atoms with Gasteiger partial charge in [-0.3, -0.25) is 10.1 Å². The van der Waals surface area contributed by atoms with Crippen LogP contribution in [0.15, 0.2) is 30.3 Å². The lowest BCUT2D eigenvalue weighted by Crippen LogP contribution is -2.47. The monoisotopic (exact) mass is 518 g/mol. The minimum absolute atomic E-state index is 0.0146. The maximum Gasteiger partial charge on any atom is 0.320 e. The molecule has 5 rings (SSSR count). The predicted molar refractivity (Wildman–Crippen MR) is 130 cm³/mol. The molecule has 2 atom stereocenters. The van der Waals surface area contributed by atoms with Crippen LogP contribution in [0.4, 0.5) is 13.2 Å². The van der Waals surface area contributed by atoms with Crippen molar-refractivity contribution in [3.05, 3.63) is 59.0 Å². The Hall–Kier alpha value is -3.08. The van der Waals surface area contributed by atoms with Crippen molar-refractivity contribution in [1.29, 1.82) is 0 Å². The SMILES string of the molecule is CC1(C)COCCC2(CCC(C(=O)O)NCOC2)c2c1n(-c1ccc(F)c(F)c1)c1cc(F)cc(O)c21. The number of carboxylic acids is 1. The van der Waals surface area contributed by atoms with Gasteiger partial charge in [0, 0.05) is 46.3 Å². The molecule has 7 nitrogen and oxygen atoms in total. The van der Waals surface area contributed by atoms with Gasteiger partial charge in [-0.25, -0.2) is 13.2 Å². The van der Waals surface area contributed by atoms with Gasteiger partial charge in [-0.15, -0.1) is 0 Å². The molecular weight excluding hydrogens is 489 g/mol. The summed E-state index contributed by atoms with van der Waals surface area (Å²) in [7, 11) is 0. The summed E-state index contributed by atoms with van der Waals surface area (Å²) < 4.78 is 56.7. The second-order valence-corrected chi connectivity index (χ2v) is 10.6. The highest BCUT2D eigenvalue weighted by Gasteiger charge is 2.46. The van der Waals surface area contributed by atoms with E-state index in [1.165, 1.54) is 12.1 Å². The average molecular weight is 519 g/mol. The summed E-state index contributed by atoms with van der Waals surface area (Å²) in [4.78, 5) is 11.8. The van der Waals surface area contributed by atoms with E-state index < -0.39 is 40.3 Å². The van der Waals surface area contributed by atoms with Gasteiger partial charge in [0.15, 0.2) is 11.6 Å². The molecule has 2 aromatic carbocycles. The number of hydrogen-bond acceptors (Lipinski definition) is 5. The number of nitrogens with zero attached hydrogens (tertiary/aromatic N) is 1. The molecule has 1 saturated heterocycles. The van der Waals surface area contributed by atoms with Gasteiger partial charge in [0.2, 0.25) is 0 Å². The zero-order valence-electron chi connectivity index (χ0n) is 20.6. The van der Waals surface area contributed by atoms with E-state index in [1.54, 1.807) is 4.57 Å². The number of benzene rings is 2. The Morgan fingerprint density at radius 2 is 1.86 bits per heavy atom. The Labute approximate surface area is 211 Å². The molecule has 3 N–H and O–H groups in total. The van der Waals surface area contributed by atoms with Gasteiger partial charge >= 0.3 is 5.97 Å². The molecule has 0 saturated carbocycles. The Morgan fingerprint density at radius 3 is 2.59 bits per heavy atom. The van der Waals surface area contributed by atoms with Crippen molar-refractivity contribution < 1.29 is 37.7 Å². The fourth-order valence-corrected chi connectivity index (χ4v) is 5.81. The number of fused-ring (bicyclic) bond motifs is 4. The van der Waals surface area contributed by atoms with Crippen LogP contribution in [0.5, 0.6) is 5.75 Å². The first kappa shape index (κ1) is 25.6. The molecule has 2 unspecified atom stereocenters. The number of hydrogen-bond donors (Lipinski definition) is 3. The number of phenolic OH excluding ortho intramolecular Hbond substituents is 1. The van der Waals surface area contributed by atoms with Crippen LogP contribution in [0.25, 0.3) is 16.6 Å². The van der Waals surface area contributed by atoms with Crippen LogP contribution >= 0.6 is 0 Å². The Balaban J connectivity index is 1.88. The van der Waals surface area contributed by atoms with Crippen molar-refractivity contribution in [2.24, 2.45) is 0 Å². The third-order valence-corrected chi connectivity index (χ3v) is 7.55. The smallest absolute Gasteiger partial charge is 0.320 e. The summed E-state index contributed by atoms with van der Waals surface area (Å²) in [6.07, 6.45) is 1.10. The van der Waals surface area contributed by atoms with Gasteiger partial charge in [-0.1, -0.05) is 13.8 Å². The van der Waals surface area contributed by atoms with Crippen LogP contribution in [0, 0.1) is 17.5 Å². The second-order valence-electron chi connectivity index (χ2n) is 10.6. The van der Waals surface area contributed by atoms with Gasteiger partial charge in [-0.05, 0) is 43.0 Å². The standard InChI is InChI=1S/C27H29F3N2O5/c1-26(2)12-36-8-7-27(6-5-19(25(34)35)31-14-37-13-27)23-22-20(9-15(28)10-21(22)33)32(24(23)26)16-3-4-17(29)18(30)11-16/h3-4,9-11,19,31,33H,5-8,12-14H2,1-2H3,(H,34,35). The van der Waals surface area contributed by atoms with Gasteiger partial charge in [0.05, 0.1) is 25.5 Å². The Kier molecular flexibility index (Phi) is 6.45. The van der Waals surface area contributed by atoms with Crippen LogP contribution < -0.4 is 5.32 Å². The van der Waals surface area contributed by atoms with Crippen molar-refractivity contribution in [1.82, 2.24) is 9.88 Å². The largest absolute Gasteiger partial charge is 0.507 e. The molecular formula is C27H29F3N2O5. The molecule has 198 valence electrons. The molecule has 3 aromatic rings. The maximum absolute atomic E-state index is 14.7. The van der Waals surface area contributed by atoms with E-state index in [1.807, 2.05) is 13.8 Å². The van der Waals surface area contributed by atoms with E-state index in [4.69, 9.17) is 9.47 Å². The number of aliphatic carboxylic acids is 1. The lowest BCUT2D eigenvalue weighted by atomic mass is 9.69. The van der Waals surface area contributed by atoms with Crippen LogP contribution in [0.2, 0.25) is 0 Å². The van der Waals surface area contributed by atoms with Gasteiger partial charge < -0.3 is 24.3 Å². The highest BCUT2D eigenvalue weighted by Crippen LogP contribution is 2.50. The van der Waals surface area contributed by atoms with Crippen LogP contribution in [-0.2, 0) is 25.1 Å². The minimum Gasteiger partial charge on any atom is -0.507 e. The maximum atomic E-state index is 14.7. The molecule has 1 spiro atoms. The quantitative estimate of drug-likeness (QED) is 0.463. The first-order valence-corrected chi connectivity index (χ1v) is 12.2. The molecule has 0 radical (unpaired) electrons. The summed E-state index contributed by atoms with van der Waals surface area (Å²) in [6.45, 7) is 4.70. The molecule has 1 fully saturated rings. The number of halogens is 3. The van der Waals surface area contributed by atoms with Crippen LogP contribution in [-0.4, -0.2) is 53.3 Å². The average Bonchev–Trinajstić information content (AvgIpc) is 3.16. The molecule has 37 heavy (non-hydrogen) atoms. The number of rotatable bonds is 2. The molecule has 0 aliphatic carbocycles. The van der Waals surface area contributed by atoms with E-state index in [0.29, 0.717) is 36.1 Å². The normalized spacial score (nSPS) is 24.2. The first-order valence-electron chi connectivity index (χ1n) is 12.2. The van der Waals surface area contributed by atoms with Crippen molar-refractivity contribution in [3.8, 4) is 11.4 Å². The minimum atomic E-state index is -1.06. The van der Waals surface area contributed by atoms with Crippen molar-refractivity contribution in [3.63, 3.8) is 0 Å². The van der Waals surface area contributed by atoms with Crippen LogP contribution in [0.3, 0.4) is 0 Å². The highest BCUT2D eigenvalue weighted by atomic mass is 19.2. The summed E-state index contributed by atoms with van der Waals surface area (Å²) in [5.74, 6) is -4.06. The predicted octanol–water partition coefficient (Wildman–Crippen LogP) is 4.50. The molecule has 0 amide bonds. The fourth-order valence-electron chi connectivity index (χ4n) is 5.81. The third kappa shape index (κ3) is 4.36.